The van der Waals surface area contributed by atoms with Gasteiger partial charge in [0.1, 0.15) is 18.3 Å². The first-order valence-corrected chi connectivity index (χ1v) is 9.37. The van der Waals surface area contributed by atoms with Crippen molar-refractivity contribution >= 4 is 29.8 Å². The van der Waals surface area contributed by atoms with Gasteiger partial charge in [0, 0.05) is 34.8 Å². The summed E-state index contributed by atoms with van der Waals surface area (Å²) >= 11 is 0. The van der Waals surface area contributed by atoms with E-state index in [-0.39, 0.29) is 6.42 Å². The summed E-state index contributed by atoms with van der Waals surface area (Å²) in [4.78, 5) is 59.2. The number of hydrogen-bond acceptors (Lipinski definition) is 12. The van der Waals surface area contributed by atoms with Gasteiger partial charge in [0.05, 0.1) is 13.5 Å². The van der Waals surface area contributed by atoms with Crippen LogP contribution in [0, 0.1) is 0 Å². The van der Waals surface area contributed by atoms with Crippen molar-refractivity contribution < 1.29 is 57.1 Å². The van der Waals surface area contributed by atoms with Crippen molar-refractivity contribution in [3.63, 3.8) is 0 Å². The third-order valence-electron chi connectivity index (χ3n) is 4.37. The van der Waals surface area contributed by atoms with E-state index in [0.717, 1.165) is 41.9 Å². The first-order valence-electron chi connectivity index (χ1n) is 9.37. The van der Waals surface area contributed by atoms with Crippen molar-refractivity contribution in [2.24, 2.45) is 0 Å². The molecule has 0 unspecified atom stereocenters. The zero-order valence-electron chi connectivity index (χ0n) is 18.5. The molecule has 1 fully saturated rings. The lowest BCUT2D eigenvalue weighted by molar-refractivity contribution is -0.323. The average molecular weight is 448 g/mol. The highest BCUT2D eigenvalue weighted by Crippen LogP contribution is 2.37. The molecule has 0 N–H and O–H groups in total. The summed E-state index contributed by atoms with van der Waals surface area (Å²) in [5.74, 6) is -6.03. The molecule has 0 amide bonds. The van der Waals surface area contributed by atoms with E-state index in [1.54, 1.807) is 0 Å². The number of methoxy groups -OCH3 is 2. The fourth-order valence-electron chi connectivity index (χ4n) is 3.29. The number of hydrogen-bond donors (Lipinski definition) is 0. The molecule has 12 nitrogen and oxygen atoms in total. The molecule has 0 aromatic carbocycles. The molecule has 0 aliphatic carbocycles. The van der Waals surface area contributed by atoms with E-state index in [0.29, 0.717) is 0 Å². The Balaban J connectivity index is 3.58. The number of carbonyl (C=O) groups is 5. The molecule has 1 aliphatic heterocycles. The van der Waals surface area contributed by atoms with Crippen molar-refractivity contribution in [2.75, 3.05) is 14.2 Å². The summed E-state index contributed by atoms with van der Waals surface area (Å²) in [6.45, 7) is 5.88. The minimum Gasteiger partial charge on any atom is -0.465 e. The Morgan fingerprint density at radius 2 is 1.42 bits per heavy atom. The van der Waals surface area contributed by atoms with Gasteiger partial charge in [-0.2, -0.15) is 0 Å². The molecule has 1 aliphatic rings. The van der Waals surface area contributed by atoms with Gasteiger partial charge in [0.25, 0.3) is 5.79 Å². The molecule has 1 rings (SSSR count). The van der Waals surface area contributed by atoms with Crippen LogP contribution in [-0.2, 0) is 57.1 Å². The van der Waals surface area contributed by atoms with Gasteiger partial charge in [-0.15, -0.1) is 0 Å². The van der Waals surface area contributed by atoms with Gasteiger partial charge in [0.15, 0.2) is 12.2 Å². The van der Waals surface area contributed by atoms with Crippen molar-refractivity contribution in [2.45, 2.75) is 77.3 Å². The van der Waals surface area contributed by atoms with Crippen molar-refractivity contribution in [3.05, 3.63) is 0 Å². The zero-order chi connectivity index (χ0) is 23.9. The van der Waals surface area contributed by atoms with Gasteiger partial charge in [-0.25, -0.2) is 4.79 Å². The van der Waals surface area contributed by atoms with E-state index in [1.807, 2.05) is 0 Å². The predicted molar refractivity (Wildman–Crippen MR) is 99.1 cm³/mol. The van der Waals surface area contributed by atoms with E-state index < -0.39 is 66.2 Å². The number of carbonyl (C=O) groups excluding carboxylic acids is 5. The molecule has 1 heterocycles. The van der Waals surface area contributed by atoms with Gasteiger partial charge >= 0.3 is 29.8 Å². The molecule has 0 bridgehead atoms. The van der Waals surface area contributed by atoms with Crippen LogP contribution in [-0.4, -0.2) is 80.4 Å². The van der Waals surface area contributed by atoms with E-state index in [9.17, 15) is 24.0 Å². The van der Waals surface area contributed by atoms with Crippen LogP contribution in [0.4, 0.5) is 0 Å². The molecule has 0 radical (unpaired) electrons. The van der Waals surface area contributed by atoms with Gasteiger partial charge < -0.3 is 33.2 Å². The van der Waals surface area contributed by atoms with Crippen molar-refractivity contribution in [1.82, 2.24) is 0 Å². The summed E-state index contributed by atoms with van der Waals surface area (Å²) in [7, 11) is 2.24. The molecule has 12 heteroatoms. The summed E-state index contributed by atoms with van der Waals surface area (Å²) in [6.07, 6.45) is -6.90. The van der Waals surface area contributed by atoms with Gasteiger partial charge in [-0.3, -0.25) is 19.2 Å². The minimum atomic E-state index is -2.09. The lowest BCUT2D eigenvalue weighted by Gasteiger charge is -2.47. The maximum atomic E-state index is 12.5. The second-order valence-electron chi connectivity index (χ2n) is 6.85. The molecule has 0 saturated carbocycles. The summed E-state index contributed by atoms with van der Waals surface area (Å²) in [5.41, 5.74) is 0. The number of esters is 5. The molecular weight excluding hydrogens is 420 g/mol. The molecule has 0 spiro atoms. The van der Waals surface area contributed by atoms with E-state index >= 15 is 0 Å². The number of ether oxygens (including phenoxy) is 7. The first kappa shape index (κ1) is 26.3. The van der Waals surface area contributed by atoms with Crippen LogP contribution in [0.25, 0.3) is 0 Å². The second-order valence-corrected chi connectivity index (χ2v) is 6.85. The minimum absolute atomic E-state index is 0.390. The summed E-state index contributed by atoms with van der Waals surface area (Å²) in [6, 6.07) is 0. The van der Waals surface area contributed by atoms with Crippen LogP contribution in [0.2, 0.25) is 0 Å². The summed E-state index contributed by atoms with van der Waals surface area (Å²) < 4.78 is 36.8. The van der Waals surface area contributed by atoms with Crippen molar-refractivity contribution in [3.8, 4) is 0 Å². The third kappa shape index (κ3) is 6.89. The Labute approximate surface area is 179 Å². The smallest absolute Gasteiger partial charge is 0.366 e. The fraction of sp³-hybridized carbons (Fsp3) is 0.737. The maximum Gasteiger partial charge on any atom is 0.366 e. The Bertz CT molecular complexity index is 686. The van der Waals surface area contributed by atoms with Crippen LogP contribution < -0.4 is 0 Å². The van der Waals surface area contributed by atoms with Gasteiger partial charge in [0.2, 0.25) is 0 Å². The van der Waals surface area contributed by atoms with Crippen LogP contribution in [0.5, 0.6) is 0 Å². The Morgan fingerprint density at radius 1 is 0.871 bits per heavy atom. The predicted octanol–water partition coefficient (Wildman–Crippen LogP) is 0.0377. The largest absolute Gasteiger partial charge is 0.465 e. The lowest BCUT2D eigenvalue weighted by Crippen LogP contribution is -2.65. The molecule has 0 aromatic heterocycles. The standard InChI is InChI=1S/C19H28O12/c1-9(27-10(2)20)15(29-12(4)22)17-16(30-13(5)23)14(28-11(3)21)8-19(26-7,31-17)18(24)25-6/h9,14-17H,8H2,1-7H3/t9-,14+,15-,16-,17+,19-/m1/s1. The zero-order valence-corrected chi connectivity index (χ0v) is 18.5. The van der Waals surface area contributed by atoms with E-state index in [2.05, 4.69) is 0 Å². The molecule has 0 aromatic rings. The van der Waals surface area contributed by atoms with Crippen molar-refractivity contribution in [1.29, 1.82) is 0 Å². The Hall–Kier alpha value is -2.73. The lowest BCUT2D eigenvalue weighted by atomic mass is 9.90. The molecule has 176 valence electrons. The first-order chi connectivity index (χ1) is 14.4. The molecular formula is C19H28O12. The highest BCUT2D eigenvalue weighted by atomic mass is 16.7. The van der Waals surface area contributed by atoms with Gasteiger partial charge in [-0.1, -0.05) is 0 Å². The normalized spacial score (nSPS) is 27.3. The maximum absolute atomic E-state index is 12.5. The van der Waals surface area contributed by atoms with Crippen LogP contribution in [0.15, 0.2) is 0 Å². The quantitative estimate of drug-likeness (QED) is 0.364. The molecule has 6 atom stereocenters. The SMILES string of the molecule is COC(=O)[C@@]1(OC)C[C@H](OC(C)=O)[C@@H](OC(C)=O)[C@H]([C@H](OC(C)=O)[C@@H](C)OC(C)=O)O1. The third-order valence-corrected chi connectivity index (χ3v) is 4.37. The number of rotatable bonds is 8. The monoisotopic (exact) mass is 448 g/mol. The van der Waals surface area contributed by atoms with Crippen LogP contribution in [0.1, 0.15) is 41.0 Å². The van der Waals surface area contributed by atoms with Gasteiger partial charge in [-0.05, 0) is 6.92 Å². The van der Waals surface area contributed by atoms with E-state index in [1.165, 1.54) is 6.92 Å². The Morgan fingerprint density at radius 3 is 1.84 bits per heavy atom. The second kappa shape index (κ2) is 11.0. The highest BCUT2D eigenvalue weighted by molar-refractivity contribution is 5.78. The topological polar surface area (TPSA) is 150 Å². The fourth-order valence-corrected chi connectivity index (χ4v) is 3.29. The highest BCUT2D eigenvalue weighted by Gasteiger charge is 2.59. The van der Waals surface area contributed by atoms with Crippen LogP contribution >= 0.6 is 0 Å². The average Bonchev–Trinajstić information content (AvgIpc) is 2.65. The molecule has 31 heavy (non-hydrogen) atoms. The van der Waals surface area contributed by atoms with E-state index in [4.69, 9.17) is 33.2 Å². The Kier molecular flexibility index (Phi) is 9.38. The molecule has 1 saturated heterocycles. The summed E-state index contributed by atoms with van der Waals surface area (Å²) in [5, 5.41) is 0. The van der Waals surface area contributed by atoms with Crippen LogP contribution in [0.3, 0.4) is 0 Å².